The van der Waals surface area contributed by atoms with Gasteiger partial charge < -0.3 is 23.7 Å². The maximum absolute atomic E-state index is 8.74. The van der Waals surface area contributed by atoms with Gasteiger partial charge in [0.25, 0.3) is 0 Å². The molecule has 0 bridgehead atoms. The molecule has 0 unspecified atom stereocenters. The van der Waals surface area contributed by atoms with Crippen molar-refractivity contribution in [2.45, 2.75) is 25.0 Å². The zero-order chi connectivity index (χ0) is 16.0. The van der Waals surface area contributed by atoms with Gasteiger partial charge in [-0.2, -0.15) is 5.26 Å². The molecule has 1 heterocycles. The van der Waals surface area contributed by atoms with Crippen molar-refractivity contribution in [3.05, 3.63) is 17.7 Å². The van der Waals surface area contributed by atoms with Crippen LogP contribution < -0.4 is 14.2 Å². The Balaban J connectivity index is 2.41. The third kappa shape index (κ3) is 3.11. The van der Waals surface area contributed by atoms with Crippen molar-refractivity contribution >= 4 is 0 Å². The molecule has 22 heavy (non-hydrogen) atoms. The standard InChI is InChI=1S/C16H21NO5/c1-18-13-10-12(11-14(19-2)15(13)20-3)16(6-4-5-7-17)21-8-9-22-16/h10-11H,4-6,8-9H2,1-3H3. The molecule has 2 rings (SSSR count). The average molecular weight is 307 g/mol. The van der Waals surface area contributed by atoms with E-state index >= 15 is 0 Å². The Morgan fingerprint density at radius 1 is 1.09 bits per heavy atom. The molecule has 6 heteroatoms. The molecule has 1 aromatic carbocycles. The predicted octanol–water partition coefficient (Wildman–Crippen LogP) is 2.61. The van der Waals surface area contributed by atoms with E-state index in [0.717, 1.165) is 5.56 Å². The van der Waals surface area contributed by atoms with Gasteiger partial charge in [-0.05, 0) is 18.6 Å². The van der Waals surface area contributed by atoms with Crippen molar-refractivity contribution in [2.24, 2.45) is 0 Å². The Kier molecular flexibility index (Phi) is 5.47. The molecular weight excluding hydrogens is 286 g/mol. The van der Waals surface area contributed by atoms with Crippen molar-refractivity contribution < 1.29 is 23.7 Å². The number of hydrogen-bond acceptors (Lipinski definition) is 6. The first-order chi connectivity index (χ1) is 10.7. The summed E-state index contributed by atoms with van der Waals surface area (Å²) >= 11 is 0. The summed E-state index contributed by atoms with van der Waals surface area (Å²) in [6, 6.07) is 5.81. The first kappa shape index (κ1) is 16.4. The molecule has 6 nitrogen and oxygen atoms in total. The van der Waals surface area contributed by atoms with Crippen molar-refractivity contribution in [3.8, 4) is 23.3 Å². The van der Waals surface area contributed by atoms with Crippen LogP contribution in [0.4, 0.5) is 0 Å². The van der Waals surface area contributed by atoms with Gasteiger partial charge in [-0.25, -0.2) is 0 Å². The largest absolute Gasteiger partial charge is 0.493 e. The molecule has 0 radical (unpaired) electrons. The average Bonchev–Trinajstić information content (AvgIpc) is 3.03. The van der Waals surface area contributed by atoms with E-state index in [-0.39, 0.29) is 0 Å². The Morgan fingerprint density at radius 3 is 2.14 bits per heavy atom. The minimum absolute atomic E-state index is 0.457. The van der Waals surface area contributed by atoms with E-state index in [1.165, 1.54) is 0 Å². The number of unbranched alkanes of at least 4 members (excludes halogenated alkanes) is 1. The van der Waals surface area contributed by atoms with Crippen LogP contribution in [-0.2, 0) is 15.3 Å². The highest BCUT2D eigenvalue weighted by molar-refractivity contribution is 5.54. The molecule has 1 aliphatic heterocycles. The zero-order valence-electron chi connectivity index (χ0n) is 13.2. The van der Waals surface area contributed by atoms with Crippen LogP contribution in [0.5, 0.6) is 17.2 Å². The topological polar surface area (TPSA) is 69.9 Å². The van der Waals surface area contributed by atoms with Gasteiger partial charge >= 0.3 is 0 Å². The first-order valence-corrected chi connectivity index (χ1v) is 7.16. The monoisotopic (exact) mass is 307 g/mol. The van der Waals surface area contributed by atoms with E-state index < -0.39 is 5.79 Å². The van der Waals surface area contributed by atoms with Gasteiger partial charge in [0, 0.05) is 18.4 Å². The molecule has 0 saturated carbocycles. The SMILES string of the molecule is COc1cc(C2(CCCC#N)OCCO2)cc(OC)c1OC. The lowest BCUT2D eigenvalue weighted by molar-refractivity contribution is -0.171. The number of ether oxygens (including phenoxy) is 5. The summed E-state index contributed by atoms with van der Waals surface area (Å²) in [5.41, 5.74) is 0.803. The number of nitriles is 1. The van der Waals surface area contributed by atoms with E-state index in [1.807, 2.05) is 12.1 Å². The van der Waals surface area contributed by atoms with Crippen LogP contribution in [0.3, 0.4) is 0 Å². The lowest BCUT2D eigenvalue weighted by Gasteiger charge is -2.29. The molecule has 120 valence electrons. The summed E-state index contributed by atoms with van der Waals surface area (Å²) in [4.78, 5) is 0. The minimum atomic E-state index is -0.857. The van der Waals surface area contributed by atoms with Crippen molar-refractivity contribution in [3.63, 3.8) is 0 Å². The number of methoxy groups -OCH3 is 3. The third-order valence-corrected chi connectivity index (χ3v) is 3.65. The van der Waals surface area contributed by atoms with Crippen LogP contribution in [0.15, 0.2) is 12.1 Å². The number of nitrogens with zero attached hydrogens (tertiary/aromatic N) is 1. The van der Waals surface area contributed by atoms with Gasteiger partial charge in [0.15, 0.2) is 17.3 Å². The first-order valence-electron chi connectivity index (χ1n) is 7.16. The molecule has 0 N–H and O–H groups in total. The lowest BCUT2D eigenvalue weighted by Crippen LogP contribution is -2.27. The summed E-state index contributed by atoms with van der Waals surface area (Å²) in [5.74, 6) is 0.772. The molecule has 0 amide bonds. The van der Waals surface area contributed by atoms with Gasteiger partial charge in [0.1, 0.15) is 0 Å². The van der Waals surface area contributed by atoms with Gasteiger partial charge in [0.05, 0.1) is 40.6 Å². The normalized spacial score (nSPS) is 16.1. The summed E-state index contributed by atoms with van der Waals surface area (Å²) in [6.07, 6.45) is 1.74. The van der Waals surface area contributed by atoms with E-state index in [0.29, 0.717) is 49.7 Å². The molecule has 0 aliphatic carbocycles. The number of benzene rings is 1. The van der Waals surface area contributed by atoms with Gasteiger partial charge in [-0.3, -0.25) is 0 Å². The van der Waals surface area contributed by atoms with Crippen molar-refractivity contribution in [1.82, 2.24) is 0 Å². The molecule has 0 atom stereocenters. The van der Waals surface area contributed by atoms with E-state index in [9.17, 15) is 0 Å². The van der Waals surface area contributed by atoms with Crippen LogP contribution in [0.1, 0.15) is 24.8 Å². The molecular formula is C16H21NO5. The lowest BCUT2D eigenvalue weighted by atomic mass is 9.98. The second-order valence-electron chi connectivity index (χ2n) is 4.88. The highest BCUT2D eigenvalue weighted by Gasteiger charge is 2.39. The van der Waals surface area contributed by atoms with Crippen molar-refractivity contribution in [1.29, 1.82) is 5.26 Å². The number of rotatable bonds is 7. The fourth-order valence-electron chi connectivity index (χ4n) is 2.61. The van der Waals surface area contributed by atoms with E-state index in [4.69, 9.17) is 28.9 Å². The molecule has 0 aromatic heterocycles. The van der Waals surface area contributed by atoms with Crippen LogP contribution in [0.2, 0.25) is 0 Å². The fraction of sp³-hybridized carbons (Fsp3) is 0.562. The quantitative estimate of drug-likeness (QED) is 0.721. The molecule has 1 fully saturated rings. The highest BCUT2D eigenvalue weighted by atomic mass is 16.7. The van der Waals surface area contributed by atoms with Gasteiger partial charge in [-0.15, -0.1) is 0 Å². The van der Waals surface area contributed by atoms with Crippen LogP contribution in [0.25, 0.3) is 0 Å². The number of hydrogen-bond donors (Lipinski definition) is 0. The minimum Gasteiger partial charge on any atom is -0.493 e. The fourth-order valence-corrected chi connectivity index (χ4v) is 2.61. The summed E-state index contributed by atoms with van der Waals surface area (Å²) in [7, 11) is 4.70. The second-order valence-corrected chi connectivity index (χ2v) is 4.88. The Labute approximate surface area is 130 Å². The smallest absolute Gasteiger partial charge is 0.203 e. The van der Waals surface area contributed by atoms with Crippen molar-refractivity contribution in [2.75, 3.05) is 34.5 Å². The second kappa shape index (κ2) is 7.34. The molecule has 0 spiro atoms. The Bertz CT molecular complexity index is 521. The predicted molar refractivity (Wildman–Crippen MR) is 79.1 cm³/mol. The third-order valence-electron chi connectivity index (χ3n) is 3.65. The van der Waals surface area contributed by atoms with E-state index in [1.54, 1.807) is 21.3 Å². The van der Waals surface area contributed by atoms with Crippen LogP contribution >= 0.6 is 0 Å². The van der Waals surface area contributed by atoms with E-state index in [2.05, 4.69) is 6.07 Å². The molecule has 1 saturated heterocycles. The highest BCUT2D eigenvalue weighted by Crippen LogP contribution is 2.44. The maximum atomic E-state index is 8.74. The zero-order valence-corrected chi connectivity index (χ0v) is 13.2. The summed E-state index contributed by atoms with van der Waals surface area (Å²) < 4.78 is 27.8. The maximum Gasteiger partial charge on any atom is 0.203 e. The van der Waals surface area contributed by atoms with Crippen LogP contribution in [0, 0.1) is 11.3 Å². The van der Waals surface area contributed by atoms with Gasteiger partial charge in [-0.1, -0.05) is 0 Å². The summed E-state index contributed by atoms with van der Waals surface area (Å²) in [6.45, 7) is 1.03. The van der Waals surface area contributed by atoms with Gasteiger partial charge in [0.2, 0.25) is 5.75 Å². The van der Waals surface area contributed by atoms with Crippen LogP contribution in [-0.4, -0.2) is 34.5 Å². The Hall–Kier alpha value is -1.97. The summed E-state index contributed by atoms with van der Waals surface area (Å²) in [5, 5.41) is 8.74. The molecule has 1 aliphatic rings. The Morgan fingerprint density at radius 2 is 1.68 bits per heavy atom. The molecule has 1 aromatic rings.